The molecule has 0 amide bonds. The number of hydrogen-bond donors (Lipinski definition) is 1. The van der Waals surface area contributed by atoms with E-state index in [1.54, 1.807) is 12.3 Å². The van der Waals surface area contributed by atoms with E-state index < -0.39 is 0 Å². The maximum absolute atomic E-state index is 13.2. The van der Waals surface area contributed by atoms with Crippen molar-refractivity contribution in [2.45, 2.75) is 25.8 Å². The van der Waals surface area contributed by atoms with Crippen molar-refractivity contribution in [3.05, 3.63) is 52.9 Å². The van der Waals surface area contributed by atoms with Crippen LogP contribution in [0, 0.1) is 10.6 Å². The van der Waals surface area contributed by atoms with E-state index in [4.69, 9.17) is 16.6 Å². The molecule has 0 bridgehead atoms. The SMILES string of the molecule is CC(CCc1ccco1)n1c(=S)[nH]c2cc(F)ccc21. The lowest BCUT2D eigenvalue weighted by atomic mass is 10.1. The summed E-state index contributed by atoms with van der Waals surface area (Å²) in [5, 5.41) is 0. The van der Waals surface area contributed by atoms with E-state index in [9.17, 15) is 4.39 Å². The van der Waals surface area contributed by atoms with Crippen LogP contribution in [0.3, 0.4) is 0 Å². The van der Waals surface area contributed by atoms with E-state index in [-0.39, 0.29) is 11.9 Å². The van der Waals surface area contributed by atoms with Crippen molar-refractivity contribution in [1.29, 1.82) is 0 Å². The van der Waals surface area contributed by atoms with E-state index in [1.807, 2.05) is 16.7 Å². The molecule has 0 saturated heterocycles. The number of fused-ring (bicyclic) bond motifs is 1. The predicted molar refractivity (Wildman–Crippen MR) is 78.8 cm³/mol. The highest BCUT2D eigenvalue weighted by molar-refractivity contribution is 7.71. The first-order valence-electron chi connectivity index (χ1n) is 6.57. The van der Waals surface area contributed by atoms with Gasteiger partial charge >= 0.3 is 0 Å². The Kier molecular flexibility index (Phi) is 3.44. The van der Waals surface area contributed by atoms with Gasteiger partial charge in [-0.15, -0.1) is 0 Å². The van der Waals surface area contributed by atoms with E-state index in [2.05, 4.69) is 11.9 Å². The number of aryl methyl sites for hydroxylation is 1. The number of aromatic nitrogens is 2. The normalized spacial score (nSPS) is 12.9. The first-order valence-corrected chi connectivity index (χ1v) is 6.98. The molecule has 5 heteroatoms. The lowest BCUT2D eigenvalue weighted by Crippen LogP contribution is -2.06. The Morgan fingerprint density at radius 2 is 2.25 bits per heavy atom. The number of rotatable bonds is 4. The smallest absolute Gasteiger partial charge is 0.178 e. The topological polar surface area (TPSA) is 33.9 Å². The molecular formula is C15H15FN2OS. The predicted octanol–water partition coefficient (Wildman–Crippen LogP) is 4.62. The summed E-state index contributed by atoms with van der Waals surface area (Å²) in [6, 6.07) is 8.77. The fourth-order valence-electron chi connectivity index (χ4n) is 2.48. The number of nitrogens with zero attached hydrogens (tertiary/aromatic N) is 1. The largest absolute Gasteiger partial charge is 0.469 e. The van der Waals surface area contributed by atoms with Gasteiger partial charge in [0.2, 0.25) is 0 Å². The standard InChI is InChI=1S/C15H15FN2OS/c1-10(4-6-12-3-2-8-19-12)18-14-7-5-11(16)9-13(14)17-15(18)20/h2-3,5,7-10H,4,6H2,1H3,(H,17,20). The zero-order chi connectivity index (χ0) is 14.1. The highest BCUT2D eigenvalue weighted by Gasteiger charge is 2.12. The quantitative estimate of drug-likeness (QED) is 0.711. The van der Waals surface area contributed by atoms with Crippen molar-refractivity contribution in [2.75, 3.05) is 0 Å². The van der Waals surface area contributed by atoms with Gasteiger partial charge in [-0.25, -0.2) is 4.39 Å². The number of aromatic amines is 1. The summed E-state index contributed by atoms with van der Waals surface area (Å²) < 4.78 is 21.2. The Labute approximate surface area is 121 Å². The highest BCUT2D eigenvalue weighted by atomic mass is 32.1. The van der Waals surface area contributed by atoms with Gasteiger partial charge in [0.15, 0.2) is 4.77 Å². The van der Waals surface area contributed by atoms with Crippen molar-refractivity contribution in [3.63, 3.8) is 0 Å². The molecule has 1 N–H and O–H groups in total. The van der Waals surface area contributed by atoms with E-state index in [1.165, 1.54) is 12.1 Å². The van der Waals surface area contributed by atoms with Crippen molar-refractivity contribution in [1.82, 2.24) is 9.55 Å². The molecule has 1 atom stereocenters. The van der Waals surface area contributed by atoms with Gasteiger partial charge in [0.25, 0.3) is 0 Å². The maximum atomic E-state index is 13.2. The fourth-order valence-corrected chi connectivity index (χ4v) is 2.86. The average Bonchev–Trinajstić information content (AvgIpc) is 3.02. The van der Waals surface area contributed by atoms with Crippen molar-refractivity contribution >= 4 is 23.3 Å². The van der Waals surface area contributed by atoms with Crippen LogP contribution >= 0.6 is 12.2 Å². The van der Waals surface area contributed by atoms with Crippen LogP contribution in [-0.2, 0) is 6.42 Å². The Hall–Kier alpha value is -1.88. The van der Waals surface area contributed by atoms with Gasteiger partial charge in [0.05, 0.1) is 17.3 Å². The molecular weight excluding hydrogens is 275 g/mol. The Bertz CT molecular complexity index is 773. The minimum atomic E-state index is -0.260. The first-order chi connectivity index (χ1) is 9.65. The van der Waals surface area contributed by atoms with E-state index in [0.717, 1.165) is 29.6 Å². The van der Waals surface area contributed by atoms with Crippen LogP contribution < -0.4 is 0 Å². The first kappa shape index (κ1) is 13.1. The van der Waals surface area contributed by atoms with E-state index >= 15 is 0 Å². The van der Waals surface area contributed by atoms with Crippen molar-refractivity contribution < 1.29 is 8.81 Å². The van der Waals surface area contributed by atoms with Crippen LogP contribution in [-0.4, -0.2) is 9.55 Å². The monoisotopic (exact) mass is 290 g/mol. The molecule has 3 rings (SSSR count). The van der Waals surface area contributed by atoms with Gasteiger partial charge in [-0.05, 0) is 55.9 Å². The minimum absolute atomic E-state index is 0.215. The number of hydrogen-bond acceptors (Lipinski definition) is 2. The summed E-state index contributed by atoms with van der Waals surface area (Å²) in [6.07, 6.45) is 3.44. The van der Waals surface area contributed by atoms with Gasteiger partial charge in [-0.2, -0.15) is 0 Å². The Morgan fingerprint density at radius 3 is 3.00 bits per heavy atom. The molecule has 0 fully saturated rings. The summed E-state index contributed by atoms with van der Waals surface area (Å²) in [5.74, 6) is 0.707. The molecule has 2 aromatic heterocycles. The molecule has 0 saturated carbocycles. The number of imidazole rings is 1. The van der Waals surface area contributed by atoms with Crippen LogP contribution in [0.2, 0.25) is 0 Å². The van der Waals surface area contributed by atoms with Crippen LogP contribution in [0.25, 0.3) is 11.0 Å². The second-order valence-electron chi connectivity index (χ2n) is 4.93. The highest BCUT2D eigenvalue weighted by Crippen LogP contribution is 2.23. The Balaban J connectivity index is 1.89. The zero-order valence-electron chi connectivity index (χ0n) is 11.1. The molecule has 3 aromatic rings. The van der Waals surface area contributed by atoms with E-state index in [0.29, 0.717) is 4.77 Å². The maximum Gasteiger partial charge on any atom is 0.178 e. The zero-order valence-corrected chi connectivity index (χ0v) is 11.9. The molecule has 0 spiro atoms. The lowest BCUT2D eigenvalue weighted by Gasteiger charge is -2.13. The van der Waals surface area contributed by atoms with Gasteiger partial charge in [-0.1, -0.05) is 0 Å². The molecule has 20 heavy (non-hydrogen) atoms. The summed E-state index contributed by atoms with van der Waals surface area (Å²) in [6.45, 7) is 2.11. The summed E-state index contributed by atoms with van der Waals surface area (Å²) in [4.78, 5) is 3.06. The number of nitrogens with one attached hydrogen (secondary N) is 1. The third kappa shape index (κ3) is 2.41. The molecule has 1 aromatic carbocycles. The molecule has 0 aliphatic carbocycles. The van der Waals surface area contributed by atoms with Crippen molar-refractivity contribution in [2.24, 2.45) is 0 Å². The molecule has 0 radical (unpaired) electrons. The molecule has 0 aliphatic rings. The number of halogens is 1. The number of H-pyrrole nitrogens is 1. The van der Waals surface area contributed by atoms with Gasteiger partial charge in [-0.3, -0.25) is 0 Å². The molecule has 104 valence electrons. The van der Waals surface area contributed by atoms with Crippen LogP contribution in [0.15, 0.2) is 41.0 Å². The lowest BCUT2D eigenvalue weighted by molar-refractivity contribution is 0.455. The summed E-state index contributed by atoms with van der Waals surface area (Å²) in [7, 11) is 0. The van der Waals surface area contributed by atoms with Crippen molar-refractivity contribution in [3.8, 4) is 0 Å². The third-order valence-electron chi connectivity index (χ3n) is 3.51. The minimum Gasteiger partial charge on any atom is -0.469 e. The van der Waals surface area contributed by atoms with Crippen LogP contribution in [0.1, 0.15) is 25.1 Å². The molecule has 2 heterocycles. The number of benzene rings is 1. The summed E-state index contributed by atoms with van der Waals surface area (Å²) >= 11 is 5.35. The van der Waals surface area contributed by atoms with Gasteiger partial charge < -0.3 is 14.0 Å². The van der Waals surface area contributed by atoms with Gasteiger partial charge in [0, 0.05) is 12.5 Å². The second kappa shape index (κ2) is 5.25. The molecule has 1 unspecified atom stereocenters. The fraction of sp³-hybridized carbons (Fsp3) is 0.267. The summed E-state index contributed by atoms with van der Waals surface area (Å²) in [5.41, 5.74) is 1.67. The molecule has 3 nitrogen and oxygen atoms in total. The van der Waals surface area contributed by atoms with Crippen LogP contribution in [0.4, 0.5) is 4.39 Å². The third-order valence-corrected chi connectivity index (χ3v) is 3.81. The molecule has 0 aliphatic heterocycles. The average molecular weight is 290 g/mol. The number of furan rings is 1. The second-order valence-corrected chi connectivity index (χ2v) is 5.32. The van der Waals surface area contributed by atoms with Crippen LogP contribution in [0.5, 0.6) is 0 Å². The Morgan fingerprint density at radius 1 is 1.40 bits per heavy atom. The van der Waals surface area contributed by atoms with Gasteiger partial charge in [0.1, 0.15) is 11.6 Å².